The molecule has 0 spiro atoms. The Morgan fingerprint density at radius 1 is 1.10 bits per heavy atom. The molecule has 1 heterocycles. The number of amides is 3. The van der Waals surface area contributed by atoms with Crippen LogP contribution in [0.5, 0.6) is 0 Å². The first kappa shape index (κ1) is 21.1. The number of carbonyl (C=O) groups excluding carboxylic acids is 3. The van der Waals surface area contributed by atoms with Crippen molar-refractivity contribution in [1.82, 2.24) is 10.2 Å². The Balaban J connectivity index is 1.37. The summed E-state index contributed by atoms with van der Waals surface area (Å²) in [5, 5.41) is 5.63. The van der Waals surface area contributed by atoms with Gasteiger partial charge in [-0.25, -0.2) is 0 Å². The fraction of sp³-hybridized carbons (Fsp3) is 0.375. The zero-order valence-corrected chi connectivity index (χ0v) is 18.0. The van der Waals surface area contributed by atoms with E-state index in [9.17, 15) is 14.4 Å². The number of carbonyl (C=O) groups is 3. The molecule has 31 heavy (non-hydrogen) atoms. The molecule has 7 nitrogen and oxygen atoms in total. The highest BCUT2D eigenvalue weighted by atomic mass is 16.2. The molecule has 3 amide bonds. The number of hydrogen-bond donors (Lipinski definition) is 2. The summed E-state index contributed by atoms with van der Waals surface area (Å²) in [5.41, 5.74) is 4.49. The lowest BCUT2D eigenvalue weighted by Crippen LogP contribution is -2.34. The largest absolute Gasteiger partial charge is 0.355 e. The van der Waals surface area contributed by atoms with Crippen LogP contribution in [0.1, 0.15) is 41.3 Å². The predicted octanol–water partition coefficient (Wildman–Crippen LogP) is 2.56. The quantitative estimate of drug-likeness (QED) is 0.721. The van der Waals surface area contributed by atoms with E-state index >= 15 is 0 Å². The van der Waals surface area contributed by atoms with E-state index in [1.165, 1.54) is 0 Å². The summed E-state index contributed by atoms with van der Waals surface area (Å²) in [5.74, 6) is -0.111. The molecule has 0 saturated heterocycles. The van der Waals surface area contributed by atoms with Gasteiger partial charge in [-0.15, -0.1) is 0 Å². The summed E-state index contributed by atoms with van der Waals surface area (Å²) in [7, 11) is 1.62. The standard InChI is InChI=1S/C24H28N4O3/c1-16(29)28-12-11-19-13-20(7-10-22(19)28)26-23(30)15-27(21-8-9-21)14-17-3-5-18(6-4-17)24(31)25-2/h3-7,10,13,21H,8-9,11-12,14-15H2,1-2H3,(H,25,31)(H,26,30). The van der Waals surface area contributed by atoms with Crippen LogP contribution in [0, 0.1) is 0 Å². The van der Waals surface area contributed by atoms with Gasteiger partial charge in [-0.3, -0.25) is 19.3 Å². The van der Waals surface area contributed by atoms with Crippen molar-refractivity contribution in [3.8, 4) is 0 Å². The van der Waals surface area contributed by atoms with Crippen LogP contribution in [0.15, 0.2) is 42.5 Å². The molecule has 0 aromatic heterocycles. The highest BCUT2D eigenvalue weighted by molar-refractivity contribution is 5.96. The maximum atomic E-state index is 12.7. The Kier molecular flexibility index (Phi) is 6.04. The number of anilines is 2. The SMILES string of the molecule is CNC(=O)c1ccc(CN(CC(=O)Nc2ccc3c(c2)CCN3C(C)=O)C2CC2)cc1. The topological polar surface area (TPSA) is 81.8 Å². The highest BCUT2D eigenvalue weighted by Gasteiger charge is 2.30. The molecule has 1 aliphatic carbocycles. The number of nitrogens with zero attached hydrogens (tertiary/aromatic N) is 2. The van der Waals surface area contributed by atoms with Gasteiger partial charge in [0.2, 0.25) is 11.8 Å². The first-order valence-electron chi connectivity index (χ1n) is 10.7. The Labute approximate surface area is 182 Å². The molecule has 2 aromatic rings. The molecule has 0 unspecified atom stereocenters. The molecule has 7 heteroatoms. The second-order valence-corrected chi connectivity index (χ2v) is 8.22. The monoisotopic (exact) mass is 420 g/mol. The molecule has 1 fully saturated rings. The van der Waals surface area contributed by atoms with E-state index in [0.717, 1.165) is 41.8 Å². The Bertz CT molecular complexity index is 998. The van der Waals surface area contributed by atoms with Gasteiger partial charge < -0.3 is 15.5 Å². The summed E-state index contributed by atoms with van der Waals surface area (Å²) in [6.07, 6.45) is 3.01. The lowest BCUT2D eigenvalue weighted by Gasteiger charge is -2.22. The number of nitrogens with one attached hydrogen (secondary N) is 2. The number of fused-ring (bicyclic) bond motifs is 1. The van der Waals surface area contributed by atoms with Gasteiger partial charge in [0.15, 0.2) is 0 Å². The first-order chi connectivity index (χ1) is 14.9. The number of rotatable bonds is 7. The summed E-state index contributed by atoms with van der Waals surface area (Å²) in [6.45, 7) is 3.25. The second-order valence-electron chi connectivity index (χ2n) is 8.22. The maximum absolute atomic E-state index is 12.7. The summed E-state index contributed by atoms with van der Waals surface area (Å²) in [4.78, 5) is 40.1. The molecule has 2 N–H and O–H groups in total. The van der Waals surface area contributed by atoms with E-state index in [0.29, 0.717) is 31.2 Å². The molecule has 0 bridgehead atoms. The third-order valence-corrected chi connectivity index (χ3v) is 5.88. The molecule has 0 radical (unpaired) electrons. The van der Waals surface area contributed by atoms with Crippen molar-refractivity contribution in [3.63, 3.8) is 0 Å². The lowest BCUT2D eigenvalue weighted by molar-refractivity contribution is -0.118. The molecular weight excluding hydrogens is 392 g/mol. The van der Waals surface area contributed by atoms with Crippen molar-refractivity contribution in [2.75, 3.05) is 30.4 Å². The van der Waals surface area contributed by atoms with Crippen LogP contribution in [0.25, 0.3) is 0 Å². The Hall–Kier alpha value is -3.19. The molecular formula is C24H28N4O3. The van der Waals surface area contributed by atoms with Crippen LogP contribution >= 0.6 is 0 Å². The summed E-state index contributed by atoms with van der Waals surface area (Å²) in [6, 6.07) is 13.7. The van der Waals surface area contributed by atoms with E-state index in [1.54, 1.807) is 18.9 Å². The van der Waals surface area contributed by atoms with Crippen molar-refractivity contribution in [2.24, 2.45) is 0 Å². The minimum Gasteiger partial charge on any atom is -0.355 e. The van der Waals surface area contributed by atoms with Crippen LogP contribution in [-0.4, -0.2) is 48.8 Å². The molecule has 0 atom stereocenters. The Morgan fingerprint density at radius 2 is 1.84 bits per heavy atom. The smallest absolute Gasteiger partial charge is 0.251 e. The van der Waals surface area contributed by atoms with Crippen LogP contribution in [0.4, 0.5) is 11.4 Å². The van der Waals surface area contributed by atoms with Crippen LogP contribution in [0.3, 0.4) is 0 Å². The van der Waals surface area contributed by atoms with Gasteiger partial charge in [0, 0.05) is 50.0 Å². The molecule has 1 saturated carbocycles. The summed E-state index contributed by atoms with van der Waals surface area (Å²) < 4.78 is 0. The van der Waals surface area contributed by atoms with Crippen molar-refractivity contribution in [1.29, 1.82) is 0 Å². The molecule has 2 aliphatic rings. The maximum Gasteiger partial charge on any atom is 0.251 e. The van der Waals surface area contributed by atoms with Gasteiger partial charge in [-0.2, -0.15) is 0 Å². The molecule has 162 valence electrons. The van der Waals surface area contributed by atoms with Crippen LogP contribution in [0.2, 0.25) is 0 Å². The third-order valence-electron chi connectivity index (χ3n) is 5.88. The highest BCUT2D eigenvalue weighted by Crippen LogP contribution is 2.31. The minimum atomic E-state index is -0.106. The van der Waals surface area contributed by atoms with E-state index in [-0.39, 0.29) is 17.7 Å². The summed E-state index contributed by atoms with van der Waals surface area (Å²) >= 11 is 0. The molecule has 2 aromatic carbocycles. The van der Waals surface area contributed by atoms with Gasteiger partial charge in [-0.1, -0.05) is 12.1 Å². The van der Waals surface area contributed by atoms with Crippen molar-refractivity contribution < 1.29 is 14.4 Å². The van der Waals surface area contributed by atoms with Gasteiger partial charge >= 0.3 is 0 Å². The average Bonchev–Trinajstić information content (AvgIpc) is 3.52. The van der Waals surface area contributed by atoms with Crippen molar-refractivity contribution in [3.05, 3.63) is 59.2 Å². The number of benzene rings is 2. The molecule has 4 rings (SSSR count). The Morgan fingerprint density at radius 3 is 2.48 bits per heavy atom. The molecule has 1 aliphatic heterocycles. The van der Waals surface area contributed by atoms with E-state index in [1.807, 2.05) is 42.5 Å². The van der Waals surface area contributed by atoms with Gasteiger partial charge in [0.1, 0.15) is 0 Å². The predicted molar refractivity (Wildman–Crippen MR) is 120 cm³/mol. The van der Waals surface area contributed by atoms with E-state index < -0.39 is 0 Å². The third kappa shape index (κ3) is 4.94. The fourth-order valence-electron chi connectivity index (χ4n) is 4.09. The van der Waals surface area contributed by atoms with Crippen molar-refractivity contribution >= 4 is 29.1 Å². The first-order valence-corrected chi connectivity index (χ1v) is 10.7. The van der Waals surface area contributed by atoms with E-state index in [2.05, 4.69) is 15.5 Å². The normalized spacial score (nSPS) is 15.0. The zero-order chi connectivity index (χ0) is 22.0. The fourth-order valence-corrected chi connectivity index (χ4v) is 4.09. The second kappa shape index (κ2) is 8.89. The van der Waals surface area contributed by atoms with Crippen LogP contribution < -0.4 is 15.5 Å². The van der Waals surface area contributed by atoms with E-state index in [4.69, 9.17) is 0 Å². The van der Waals surface area contributed by atoms with Gasteiger partial charge in [0.25, 0.3) is 5.91 Å². The zero-order valence-electron chi connectivity index (χ0n) is 18.0. The van der Waals surface area contributed by atoms with Gasteiger partial charge in [0.05, 0.1) is 6.54 Å². The number of hydrogen-bond acceptors (Lipinski definition) is 4. The average molecular weight is 421 g/mol. The van der Waals surface area contributed by atoms with Crippen molar-refractivity contribution in [2.45, 2.75) is 38.8 Å². The van der Waals surface area contributed by atoms with Crippen LogP contribution in [-0.2, 0) is 22.6 Å². The lowest BCUT2D eigenvalue weighted by atomic mass is 10.1. The minimum absolute atomic E-state index is 0.0407. The van der Waals surface area contributed by atoms with Gasteiger partial charge in [-0.05, 0) is 60.7 Å².